The number of rotatable bonds is 4. The number of alkyl halides is 3. The van der Waals surface area contributed by atoms with Crippen LogP contribution >= 0.6 is 0 Å². The Morgan fingerprint density at radius 3 is 2.87 bits per heavy atom. The summed E-state index contributed by atoms with van der Waals surface area (Å²) in [6.45, 7) is 6.57. The number of likely N-dealkylation sites (tertiary alicyclic amines) is 2. The van der Waals surface area contributed by atoms with Gasteiger partial charge in [0.15, 0.2) is 0 Å². The molecule has 2 aromatic heterocycles. The standard InChI is InChI=1S/C21H23F3N4O3/c1-3-6-27-11-14(8-17(27)29)20(30)28-7-4-5-13(10-28)16-9-15(21(22,23)24)18-12(2)26-31-19(18)25-16/h3,9,13-14H,1,4-8,10-11H2,2H3/t13-,14-/m1/s1. The lowest BCUT2D eigenvalue weighted by atomic mass is 9.91. The van der Waals surface area contributed by atoms with Crippen molar-refractivity contribution < 1.29 is 27.3 Å². The first-order valence-electron chi connectivity index (χ1n) is 10.2. The van der Waals surface area contributed by atoms with E-state index in [1.165, 1.54) is 6.92 Å². The average Bonchev–Trinajstić information content (AvgIpc) is 3.29. The van der Waals surface area contributed by atoms with Gasteiger partial charge in [0.25, 0.3) is 5.71 Å². The molecular formula is C21H23F3N4O3. The number of nitrogens with zero attached hydrogens (tertiary/aromatic N) is 4. The quantitative estimate of drug-likeness (QED) is 0.688. The predicted octanol–water partition coefficient (Wildman–Crippen LogP) is 3.29. The third kappa shape index (κ3) is 4.03. The fourth-order valence-corrected chi connectivity index (χ4v) is 4.49. The molecule has 2 atom stereocenters. The normalized spacial score (nSPS) is 22.4. The van der Waals surface area contributed by atoms with Crippen LogP contribution in [0.1, 0.15) is 42.1 Å². The molecule has 4 rings (SSSR count). The molecule has 0 saturated carbocycles. The van der Waals surface area contributed by atoms with Gasteiger partial charge in [-0.3, -0.25) is 9.59 Å². The minimum Gasteiger partial charge on any atom is -0.342 e. The molecule has 0 unspecified atom stereocenters. The van der Waals surface area contributed by atoms with Crippen LogP contribution in [0.5, 0.6) is 0 Å². The molecule has 10 heteroatoms. The number of carbonyl (C=O) groups excluding carboxylic acids is 2. The van der Waals surface area contributed by atoms with Crippen LogP contribution in [0.25, 0.3) is 11.1 Å². The summed E-state index contributed by atoms with van der Waals surface area (Å²) in [5.41, 5.74) is -0.593. The highest BCUT2D eigenvalue weighted by molar-refractivity contribution is 5.89. The summed E-state index contributed by atoms with van der Waals surface area (Å²) in [5, 5.41) is 3.50. The van der Waals surface area contributed by atoms with Gasteiger partial charge in [-0.2, -0.15) is 13.2 Å². The molecular weight excluding hydrogens is 413 g/mol. The van der Waals surface area contributed by atoms with E-state index >= 15 is 0 Å². The molecule has 0 spiro atoms. The zero-order valence-corrected chi connectivity index (χ0v) is 17.1. The number of halogens is 3. The molecule has 0 N–H and O–H groups in total. The number of fused-ring (bicyclic) bond motifs is 1. The van der Waals surface area contributed by atoms with Gasteiger partial charge in [-0.05, 0) is 25.8 Å². The van der Waals surface area contributed by atoms with Gasteiger partial charge in [-0.15, -0.1) is 6.58 Å². The van der Waals surface area contributed by atoms with Crippen LogP contribution in [0, 0.1) is 12.8 Å². The molecule has 7 nitrogen and oxygen atoms in total. The van der Waals surface area contributed by atoms with Crippen molar-refractivity contribution in [1.29, 1.82) is 0 Å². The van der Waals surface area contributed by atoms with E-state index in [0.717, 1.165) is 6.07 Å². The molecule has 2 aromatic rings. The summed E-state index contributed by atoms with van der Waals surface area (Å²) in [5.74, 6) is -1.02. The molecule has 2 saturated heterocycles. The van der Waals surface area contributed by atoms with Gasteiger partial charge in [-0.1, -0.05) is 11.2 Å². The molecule has 2 fully saturated rings. The van der Waals surface area contributed by atoms with Crippen molar-refractivity contribution in [2.24, 2.45) is 5.92 Å². The second-order valence-electron chi connectivity index (χ2n) is 8.15. The van der Waals surface area contributed by atoms with Crippen LogP contribution < -0.4 is 0 Å². The van der Waals surface area contributed by atoms with E-state index in [1.54, 1.807) is 15.9 Å². The lowest BCUT2D eigenvalue weighted by molar-refractivity contribution is -0.137. The van der Waals surface area contributed by atoms with Gasteiger partial charge < -0.3 is 14.3 Å². The van der Waals surface area contributed by atoms with Crippen molar-refractivity contribution in [3.63, 3.8) is 0 Å². The fraction of sp³-hybridized carbons (Fsp3) is 0.524. The summed E-state index contributed by atoms with van der Waals surface area (Å²) in [4.78, 5) is 32.6. The highest BCUT2D eigenvalue weighted by Gasteiger charge is 2.39. The van der Waals surface area contributed by atoms with Crippen LogP contribution in [-0.4, -0.2) is 57.9 Å². The maximum absolute atomic E-state index is 13.7. The summed E-state index contributed by atoms with van der Waals surface area (Å²) in [6.07, 6.45) is -1.56. The van der Waals surface area contributed by atoms with Crippen molar-refractivity contribution in [2.75, 3.05) is 26.2 Å². The minimum atomic E-state index is -4.57. The maximum Gasteiger partial charge on any atom is 0.417 e. The third-order valence-electron chi connectivity index (χ3n) is 6.01. The predicted molar refractivity (Wildman–Crippen MR) is 105 cm³/mol. The molecule has 2 aliphatic rings. The molecule has 0 aromatic carbocycles. The average molecular weight is 436 g/mol. The van der Waals surface area contributed by atoms with E-state index in [1.807, 2.05) is 0 Å². The number of carbonyl (C=O) groups is 2. The number of hydrogen-bond acceptors (Lipinski definition) is 5. The second kappa shape index (κ2) is 7.97. The number of piperidine rings is 1. The molecule has 0 radical (unpaired) electrons. The van der Waals surface area contributed by atoms with Crippen LogP contribution in [0.15, 0.2) is 23.2 Å². The molecule has 2 amide bonds. The molecule has 166 valence electrons. The van der Waals surface area contributed by atoms with Crippen LogP contribution in [0.2, 0.25) is 0 Å². The Hall–Kier alpha value is -2.91. The van der Waals surface area contributed by atoms with Gasteiger partial charge in [-0.25, -0.2) is 4.98 Å². The largest absolute Gasteiger partial charge is 0.417 e. The van der Waals surface area contributed by atoms with Crippen LogP contribution in [0.4, 0.5) is 13.2 Å². The van der Waals surface area contributed by atoms with E-state index < -0.39 is 17.7 Å². The summed E-state index contributed by atoms with van der Waals surface area (Å²) < 4.78 is 46.0. The van der Waals surface area contributed by atoms with Crippen molar-refractivity contribution in [3.8, 4) is 0 Å². The lowest BCUT2D eigenvalue weighted by Crippen LogP contribution is -2.43. The molecule has 0 bridgehead atoms. The number of aryl methyl sites for hydroxylation is 1. The van der Waals surface area contributed by atoms with E-state index in [-0.39, 0.29) is 53.2 Å². The van der Waals surface area contributed by atoms with E-state index in [2.05, 4.69) is 16.7 Å². The maximum atomic E-state index is 13.7. The first-order chi connectivity index (χ1) is 14.7. The lowest BCUT2D eigenvalue weighted by Gasteiger charge is -2.34. The SMILES string of the molecule is C=CCN1C[C@H](C(=O)N2CCC[C@@H](c3cc(C(F)(F)F)c4c(C)noc4n3)C2)CC1=O. The van der Waals surface area contributed by atoms with Gasteiger partial charge in [0.05, 0.1) is 28.3 Å². The van der Waals surface area contributed by atoms with Gasteiger partial charge in [0.1, 0.15) is 0 Å². The zero-order valence-electron chi connectivity index (χ0n) is 17.1. The highest BCUT2D eigenvalue weighted by Crippen LogP contribution is 2.38. The van der Waals surface area contributed by atoms with E-state index in [9.17, 15) is 22.8 Å². The van der Waals surface area contributed by atoms with Gasteiger partial charge >= 0.3 is 6.18 Å². The molecule has 0 aliphatic carbocycles. The number of aromatic nitrogens is 2. The Bertz CT molecular complexity index is 1030. The summed E-state index contributed by atoms with van der Waals surface area (Å²) in [7, 11) is 0. The van der Waals surface area contributed by atoms with Gasteiger partial charge in [0.2, 0.25) is 11.8 Å². The van der Waals surface area contributed by atoms with Crippen LogP contribution in [-0.2, 0) is 15.8 Å². The minimum absolute atomic E-state index is 0.0885. The first kappa shape index (κ1) is 21.3. The summed E-state index contributed by atoms with van der Waals surface area (Å²) >= 11 is 0. The zero-order chi connectivity index (χ0) is 22.3. The Labute approximate surface area is 176 Å². The Morgan fingerprint density at radius 1 is 1.39 bits per heavy atom. The number of amides is 2. The number of pyridine rings is 1. The van der Waals surface area contributed by atoms with Gasteiger partial charge in [0, 0.05) is 38.5 Å². The number of hydrogen-bond donors (Lipinski definition) is 0. The van der Waals surface area contributed by atoms with Crippen molar-refractivity contribution in [3.05, 3.63) is 35.7 Å². The Balaban J connectivity index is 1.56. The topological polar surface area (TPSA) is 79.5 Å². The Morgan fingerprint density at radius 2 is 2.16 bits per heavy atom. The fourth-order valence-electron chi connectivity index (χ4n) is 4.49. The summed E-state index contributed by atoms with van der Waals surface area (Å²) in [6, 6.07) is 1.05. The van der Waals surface area contributed by atoms with Crippen molar-refractivity contribution >= 4 is 22.9 Å². The monoisotopic (exact) mass is 436 g/mol. The van der Waals surface area contributed by atoms with E-state index in [0.29, 0.717) is 32.5 Å². The molecule has 31 heavy (non-hydrogen) atoms. The molecule has 2 aliphatic heterocycles. The first-order valence-corrected chi connectivity index (χ1v) is 10.2. The smallest absolute Gasteiger partial charge is 0.342 e. The van der Waals surface area contributed by atoms with Crippen molar-refractivity contribution in [1.82, 2.24) is 19.9 Å². The molecule has 4 heterocycles. The third-order valence-corrected chi connectivity index (χ3v) is 6.01. The van der Waals surface area contributed by atoms with Crippen molar-refractivity contribution in [2.45, 2.75) is 38.3 Å². The van der Waals surface area contributed by atoms with Crippen LogP contribution in [0.3, 0.4) is 0 Å². The second-order valence-corrected chi connectivity index (χ2v) is 8.15. The van der Waals surface area contributed by atoms with E-state index in [4.69, 9.17) is 4.52 Å². The Kier molecular flexibility index (Phi) is 5.49. The highest BCUT2D eigenvalue weighted by atomic mass is 19.4.